The lowest BCUT2D eigenvalue weighted by atomic mass is 10.0. The van der Waals surface area contributed by atoms with E-state index in [1.807, 2.05) is 0 Å². The van der Waals surface area contributed by atoms with Crippen molar-refractivity contribution in [1.82, 2.24) is 0 Å². The van der Waals surface area contributed by atoms with Crippen molar-refractivity contribution in [3.05, 3.63) is 28.3 Å². The molecule has 70 valence electrons. The predicted octanol–water partition coefficient (Wildman–Crippen LogP) is 2.34. The highest BCUT2D eigenvalue weighted by Gasteiger charge is 2.44. The molecule has 0 aromatic heterocycles. The molecule has 0 bridgehead atoms. The minimum absolute atomic E-state index is 0.171. The van der Waals surface area contributed by atoms with Crippen molar-refractivity contribution in [2.45, 2.75) is 25.4 Å². The lowest BCUT2D eigenvalue weighted by Crippen LogP contribution is -2.05. The number of aliphatic hydroxyl groups is 1. The molecule has 2 nitrogen and oxygen atoms in total. The van der Waals surface area contributed by atoms with Crippen molar-refractivity contribution in [2.24, 2.45) is 0 Å². The van der Waals surface area contributed by atoms with Crippen LogP contribution in [0.15, 0.2) is 12.1 Å². The Bertz CT molecular complexity index is 356. The quantitative estimate of drug-likeness (QED) is 0.727. The van der Waals surface area contributed by atoms with E-state index in [2.05, 4.69) is 0 Å². The van der Waals surface area contributed by atoms with Gasteiger partial charge < -0.3 is 10.2 Å². The minimum Gasteiger partial charge on any atom is -0.507 e. The van der Waals surface area contributed by atoms with Crippen molar-refractivity contribution < 1.29 is 10.2 Å². The van der Waals surface area contributed by atoms with Crippen LogP contribution < -0.4 is 0 Å². The number of rotatable bonds is 1. The first kappa shape index (κ1) is 8.85. The molecule has 1 aliphatic carbocycles. The van der Waals surface area contributed by atoms with Gasteiger partial charge in [-0.25, -0.2) is 0 Å². The highest BCUT2D eigenvalue weighted by atomic mass is 35.5. The zero-order valence-electron chi connectivity index (χ0n) is 7.34. The van der Waals surface area contributed by atoms with Crippen LogP contribution in [0.25, 0.3) is 0 Å². The Labute approximate surface area is 81.8 Å². The molecular weight excluding hydrogens is 188 g/mol. The molecule has 0 spiro atoms. The number of hydrogen-bond donors (Lipinski definition) is 2. The third-order valence-electron chi connectivity index (χ3n) is 2.49. The average Bonchev–Trinajstić information content (AvgIpc) is 2.77. The number of phenolic OH excluding ortho intramolecular Hbond substituents is 1. The van der Waals surface area contributed by atoms with Gasteiger partial charge >= 0.3 is 0 Å². The van der Waals surface area contributed by atoms with Gasteiger partial charge in [0, 0.05) is 10.6 Å². The summed E-state index contributed by atoms with van der Waals surface area (Å²) in [4.78, 5) is 0. The van der Waals surface area contributed by atoms with Gasteiger partial charge in [-0.1, -0.05) is 11.6 Å². The molecule has 13 heavy (non-hydrogen) atoms. The minimum atomic E-state index is -0.820. The van der Waals surface area contributed by atoms with Gasteiger partial charge in [-0.3, -0.25) is 0 Å². The van der Waals surface area contributed by atoms with E-state index >= 15 is 0 Å². The van der Waals surface area contributed by atoms with Crippen molar-refractivity contribution >= 4 is 11.6 Å². The zero-order valence-corrected chi connectivity index (χ0v) is 8.10. The summed E-state index contributed by atoms with van der Waals surface area (Å²) in [5.41, 5.74) is 0.458. The molecule has 0 saturated heterocycles. The van der Waals surface area contributed by atoms with E-state index in [0.29, 0.717) is 29.0 Å². The summed E-state index contributed by atoms with van der Waals surface area (Å²) in [7, 11) is 0. The summed E-state index contributed by atoms with van der Waals surface area (Å²) in [6.07, 6.45) is 1.42. The summed E-state index contributed by atoms with van der Waals surface area (Å²) in [5, 5.41) is 20.1. The van der Waals surface area contributed by atoms with Crippen LogP contribution in [-0.4, -0.2) is 10.2 Å². The molecule has 3 heteroatoms. The number of benzene rings is 1. The summed E-state index contributed by atoms with van der Waals surface area (Å²) >= 11 is 5.83. The van der Waals surface area contributed by atoms with Crippen LogP contribution in [0.1, 0.15) is 24.0 Å². The van der Waals surface area contributed by atoms with E-state index in [0.717, 1.165) is 0 Å². The highest BCUT2D eigenvalue weighted by Crippen LogP contribution is 2.49. The van der Waals surface area contributed by atoms with Crippen molar-refractivity contribution in [3.8, 4) is 5.75 Å². The number of aromatic hydroxyl groups is 1. The molecule has 0 unspecified atom stereocenters. The van der Waals surface area contributed by atoms with Crippen molar-refractivity contribution in [3.63, 3.8) is 0 Å². The molecule has 0 amide bonds. The number of aryl methyl sites for hydroxylation is 1. The Hall–Kier alpha value is -0.730. The molecule has 0 heterocycles. The van der Waals surface area contributed by atoms with Gasteiger partial charge in [-0.2, -0.15) is 0 Å². The van der Waals surface area contributed by atoms with Gasteiger partial charge in [-0.15, -0.1) is 0 Å². The normalized spacial score (nSPS) is 18.7. The van der Waals surface area contributed by atoms with E-state index in [-0.39, 0.29) is 5.75 Å². The molecule has 1 aromatic carbocycles. The van der Waals surface area contributed by atoms with Crippen LogP contribution in [0.3, 0.4) is 0 Å². The first-order valence-electron chi connectivity index (χ1n) is 4.25. The molecule has 2 N–H and O–H groups in total. The Morgan fingerprint density at radius 3 is 2.54 bits per heavy atom. The van der Waals surface area contributed by atoms with Gasteiger partial charge in [0.25, 0.3) is 0 Å². The van der Waals surface area contributed by atoms with Gasteiger partial charge in [0.05, 0.1) is 5.60 Å². The van der Waals surface area contributed by atoms with Crippen LogP contribution in [0.5, 0.6) is 5.75 Å². The topological polar surface area (TPSA) is 40.5 Å². The largest absolute Gasteiger partial charge is 0.507 e. The predicted molar refractivity (Wildman–Crippen MR) is 51.0 cm³/mol. The SMILES string of the molecule is Cc1cc(Cl)cc(C2(O)CC2)c1O. The maximum Gasteiger partial charge on any atom is 0.124 e. The summed E-state index contributed by atoms with van der Waals surface area (Å²) in [6, 6.07) is 3.32. The number of phenols is 1. The second kappa shape index (κ2) is 2.63. The lowest BCUT2D eigenvalue weighted by molar-refractivity contribution is 0.147. The second-order valence-corrected chi connectivity index (χ2v) is 4.09. The van der Waals surface area contributed by atoms with E-state index in [1.165, 1.54) is 0 Å². The number of halogens is 1. The van der Waals surface area contributed by atoms with Crippen LogP contribution in [0.4, 0.5) is 0 Å². The fourth-order valence-corrected chi connectivity index (χ4v) is 1.75. The average molecular weight is 199 g/mol. The Morgan fingerprint density at radius 1 is 1.38 bits per heavy atom. The molecule has 1 aliphatic rings. The fraction of sp³-hybridized carbons (Fsp3) is 0.400. The molecule has 2 rings (SSSR count). The van der Waals surface area contributed by atoms with Crippen LogP contribution in [-0.2, 0) is 5.60 Å². The maximum atomic E-state index is 9.81. The highest BCUT2D eigenvalue weighted by molar-refractivity contribution is 6.30. The van der Waals surface area contributed by atoms with E-state index in [9.17, 15) is 10.2 Å². The van der Waals surface area contributed by atoms with Crippen molar-refractivity contribution in [2.75, 3.05) is 0 Å². The van der Waals surface area contributed by atoms with Crippen LogP contribution in [0, 0.1) is 6.92 Å². The zero-order chi connectivity index (χ0) is 9.64. The molecule has 1 saturated carbocycles. The third kappa shape index (κ3) is 1.40. The standard InChI is InChI=1S/C10H11ClO2/c1-6-4-7(11)5-8(9(6)12)10(13)2-3-10/h4-5,12-13H,2-3H2,1H3. The second-order valence-electron chi connectivity index (χ2n) is 3.65. The lowest BCUT2D eigenvalue weighted by Gasteiger charge is -2.12. The van der Waals surface area contributed by atoms with E-state index in [1.54, 1.807) is 19.1 Å². The van der Waals surface area contributed by atoms with Gasteiger partial charge in [0.15, 0.2) is 0 Å². The van der Waals surface area contributed by atoms with Gasteiger partial charge in [0.1, 0.15) is 5.75 Å². The summed E-state index contributed by atoms with van der Waals surface area (Å²) < 4.78 is 0. The Morgan fingerprint density at radius 2 is 2.00 bits per heavy atom. The molecule has 0 atom stereocenters. The van der Waals surface area contributed by atoms with Crippen LogP contribution in [0.2, 0.25) is 5.02 Å². The van der Waals surface area contributed by atoms with Gasteiger partial charge in [0.2, 0.25) is 0 Å². The molecule has 1 aromatic rings. The van der Waals surface area contributed by atoms with Crippen LogP contribution >= 0.6 is 11.6 Å². The first-order chi connectivity index (χ1) is 6.03. The molecule has 0 radical (unpaired) electrons. The van der Waals surface area contributed by atoms with E-state index in [4.69, 9.17) is 11.6 Å². The molecular formula is C10H11ClO2. The number of hydrogen-bond acceptors (Lipinski definition) is 2. The summed E-state index contributed by atoms with van der Waals surface area (Å²) in [6.45, 7) is 1.77. The Balaban J connectivity index is 2.56. The molecule has 0 aliphatic heterocycles. The molecule has 1 fully saturated rings. The maximum absolute atomic E-state index is 9.81. The monoisotopic (exact) mass is 198 g/mol. The van der Waals surface area contributed by atoms with Crippen molar-refractivity contribution in [1.29, 1.82) is 0 Å². The fourth-order valence-electron chi connectivity index (χ4n) is 1.48. The van der Waals surface area contributed by atoms with E-state index < -0.39 is 5.60 Å². The third-order valence-corrected chi connectivity index (χ3v) is 2.71. The Kier molecular flexibility index (Phi) is 1.79. The smallest absolute Gasteiger partial charge is 0.124 e. The summed E-state index contributed by atoms with van der Waals surface area (Å²) in [5.74, 6) is 0.171. The van der Waals surface area contributed by atoms with Gasteiger partial charge in [-0.05, 0) is 37.5 Å². The first-order valence-corrected chi connectivity index (χ1v) is 4.63.